The van der Waals surface area contributed by atoms with Gasteiger partial charge in [0.1, 0.15) is 61.4 Å². The summed E-state index contributed by atoms with van der Waals surface area (Å²) >= 11 is 0. The van der Waals surface area contributed by atoms with Crippen molar-refractivity contribution in [1.82, 2.24) is 15.3 Å². The smallest absolute Gasteiger partial charge is 0.490 e. The van der Waals surface area contributed by atoms with Gasteiger partial charge in [0.15, 0.2) is 23.7 Å². The number of rotatable bonds is 36. The van der Waals surface area contributed by atoms with E-state index in [2.05, 4.69) is 65.2 Å². The number of halogens is 3. The Balaban J connectivity index is 0.00000249. The van der Waals surface area contributed by atoms with Crippen LogP contribution in [0.4, 0.5) is 13.2 Å². The zero-order valence-corrected chi connectivity index (χ0v) is 54.3. The summed E-state index contributed by atoms with van der Waals surface area (Å²) in [4.78, 5) is 56.5. The van der Waals surface area contributed by atoms with Gasteiger partial charge in [0.25, 0.3) is 0 Å². The largest absolute Gasteiger partial charge is 0.497 e. The summed E-state index contributed by atoms with van der Waals surface area (Å²) in [5.74, 6) is -13.5. The zero-order valence-electron chi connectivity index (χ0n) is 54.3. The molecule has 36 heteroatoms. The number of carboxylic acids is 1. The van der Waals surface area contributed by atoms with Crippen LogP contribution in [0.15, 0.2) is 172 Å². The van der Waals surface area contributed by atoms with Crippen LogP contribution in [-0.2, 0) is 30.5 Å². The van der Waals surface area contributed by atoms with E-state index in [-0.39, 0.29) is 51.0 Å². The van der Waals surface area contributed by atoms with E-state index in [1.54, 1.807) is 103 Å². The lowest BCUT2D eigenvalue weighted by molar-refractivity contribution is -0.192. The van der Waals surface area contributed by atoms with Gasteiger partial charge >= 0.3 is 12.1 Å². The molecule has 0 saturated carbocycles. The van der Waals surface area contributed by atoms with E-state index in [0.717, 1.165) is 10.9 Å². The van der Waals surface area contributed by atoms with E-state index in [1.807, 2.05) is 18.2 Å². The van der Waals surface area contributed by atoms with Gasteiger partial charge in [-0.05, 0) is 54.2 Å². The highest BCUT2D eigenvalue weighted by Crippen LogP contribution is 2.24. The quantitative estimate of drug-likeness (QED) is 0.00992. The van der Waals surface area contributed by atoms with E-state index in [1.165, 1.54) is 13.8 Å². The van der Waals surface area contributed by atoms with Crippen LogP contribution in [0.1, 0.15) is 61.8 Å². The fraction of sp³-hybridized carbons (Fsp3) is 0.338. The Labute approximate surface area is 573 Å². The SMILES string of the molecule is CC(O)=N[C@H](C)C(O)=N[C@@H](CC(=N)O)C(O)=N[C@@H](Cc1c[nH]c2ccccc12)C(O)=N[C@@H](CC(=N)O)C(O)=NCC(O)=N[C@@H](Cc1ccccc1)C(O)=NCC(O)=N[C@H](Cc1c[nH]c2ccccc12)C(O)=N[C@@H](CCCNC(=N)N)C(O)=N[C@@H](Cc1ccccc1)C(=N)O.O=C(O)C(F)(F)F. The molecule has 540 valence electrons. The van der Waals surface area contributed by atoms with Crippen LogP contribution in [0.25, 0.3) is 21.8 Å². The summed E-state index contributed by atoms with van der Waals surface area (Å²) in [5, 5.41) is 185. The molecule has 0 aliphatic rings. The predicted octanol–water partition coefficient (Wildman–Crippen LogP) is 8.76. The minimum Gasteiger partial charge on any atom is -0.497 e. The van der Waals surface area contributed by atoms with E-state index < -0.39 is 163 Å². The maximum Gasteiger partial charge on any atom is 0.490 e. The molecule has 0 unspecified atom stereocenters. The number of aromatic nitrogens is 2. The molecule has 0 aliphatic heterocycles. The first-order valence-electron chi connectivity index (χ1n) is 30.7. The summed E-state index contributed by atoms with van der Waals surface area (Å²) in [6.07, 6.45) is -3.52. The number of H-pyrrole nitrogens is 2. The van der Waals surface area contributed by atoms with E-state index in [0.29, 0.717) is 33.2 Å². The third-order valence-electron chi connectivity index (χ3n) is 14.4. The van der Waals surface area contributed by atoms with Gasteiger partial charge in [-0.3, -0.25) is 21.6 Å². The molecule has 8 atom stereocenters. The number of carbonyl (C=O) groups is 1. The summed E-state index contributed by atoms with van der Waals surface area (Å²) in [5.41, 5.74) is 9.34. The highest BCUT2D eigenvalue weighted by molar-refractivity contribution is 5.96. The van der Waals surface area contributed by atoms with Gasteiger partial charge in [-0.1, -0.05) is 97.1 Å². The lowest BCUT2D eigenvalue weighted by Gasteiger charge is -2.18. The highest BCUT2D eigenvalue weighted by atomic mass is 19.4. The number of aromatic amines is 2. The molecule has 6 aromatic rings. The van der Waals surface area contributed by atoms with Crippen molar-refractivity contribution in [2.45, 2.75) is 120 Å². The third kappa shape index (κ3) is 26.9. The number of nitrogens with one attached hydrogen (secondary N) is 7. The molecule has 0 amide bonds. The molecule has 101 heavy (non-hydrogen) atoms. The van der Waals surface area contributed by atoms with Crippen molar-refractivity contribution in [3.63, 3.8) is 0 Å². The Bertz CT molecular complexity index is 4130. The molecular formula is C65H79F3N18O15. The lowest BCUT2D eigenvalue weighted by atomic mass is 10.0. The van der Waals surface area contributed by atoms with Crippen molar-refractivity contribution >= 4 is 110 Å². The Hall–Kier alpha value is -12.4. The molecule has 0 radical (unpaired) electrons. The monoisotopic (exact) mass is 1410 g/mol. The molecule has 0 fully saturated rings. The Kier molecular flexibility index (Phi) is 30.2. The van der Waals surface area contributed by atoms with Gasteiger partial charge in [0, 0.05) is 73.4 Å². The fourth-order valence-corrected chi connectivity index (χ4v) is 9.55. The van der Waals surface area contributed by atoms with Crippen molar-refractivity contribution in [3.8, 4) is 0 Å². The van der Waals surface area contributed by atoms with Crippen molar-refractivity contribution in [2.24, 2.45) is 55.7 Å². The van der Waals surface area contributed by atoms with E-state index in [9.17, 15) is 79.6 Å². The number of nitrogens with zero attached hydrogens (tertiary/aromatic N) is 10. The van der Waals surface area contributed by atoms with Gasteiger partial charge in [0.2, 0.25) is 59.0 Å². The molecule has 2 heterocycles. The number of benzene rings is 4. The number of carboxylic acid groups (broad SMARTS) is 1. The average Bonchev–Trinajstić information content (AvgIpc) is 1.62. The molecule has 6 rings (SSSR count). The minimum absolute atomic E-state index is 0.0102. The second-order valence-corrected chi connectivity index (χ2v) is 22.3. The van der Waals surface area contributed by atoms with E-state index in [4.69, 9.17) is 37.3 Å². The number of alkyl halides is 3. The maximum absolute atomic E-state index is 11.9. The number of guanidine groups is 1. The third-order valence-corrected chi connectivity index (χ3v) is 14.4. The molecule has 4 aromatic carbocycles. The fourth-order valence-electron chi connectivity index (χ4n) is 9.55. The van der Waals surface area contributed by atoms with Crippen LogP contribution >= 0.6 is 0 Å². The summed E-state index contributed by atoms with van der Waals surface area (Å²) in [6.45, 7) is 1.18. The van der Waals surface area contributed by atoms with Crippen LogP contribution in [-0.4, -0.2) is 244 Å². The second-order valence-electron chi connectivity index (χ2n) is 22.3. The number of para-hydroxylation sites is 2. The van der Waals surface area contributed by atoms with Crippen LogP contribution in [0, 0.1) is 21.6 Å². The number of aliphatic carboxylic acids is 1. The Morgan fingerprint density at radius 2 is 0.851 bits per heavy atom. The summed E-state index contributed by atoms with van der Waals surface area (Å²) in [7, 11) is 0. The molecule has 0 bridgehead atoms. The predicted molar refractivity (Wildman–Crippen MR) is 379 cm³/mol. The molecular weight excluding hydrogens is 1330 g/mol. The molecule has 0 saturated heterocycles. The number of aliphatic imine (C=N–C) groups is 10. The first-order valence-corrected chi connectivity index (χ1v) is 30.7. The summed E-state index contributed by atoms with van der Waals surface area (Å²) < 4.78 is 31.7. The number of hydrogen-bond donors (Lipinski definition) is 22. The molecule has 23 N–H and O–H groups in total. The van der Waals surface area contributed by atoms with Gasteiger partial charge in [-0.2, -0.15) is 13.2 Å². The van der Waals surface area contributed by atoms with Crippen molar-refractivity contribution in [2.75, 3.05) is 19.6 Å². The average molecular weight is 1410 g/mol. The van der Waals surface area contributed by atoms with Crippen LogP contribution < -0.4 is 11.1 Å². The lowest BCUT2D eigenvalue weighted by Crippen LogP contribution is -2.33. The number of aliphatic hydroxyl groups excluding tert-OH is 13. The van der Waals surface area contributed by atoms with Gasteiger partial charge in [0.05, 0.1) is 12.8 Å². The zero-order chi connectivity index (χ0) is 74.5. The van der Waals surface area contributed by atoms with Gasteiger partial charge < -0.3 is 92.5 Å². The van der Waals surface area contributed by atoms with Crippen molar-refractivity contribution < 1.29 is 89.5 Å². The Morgan fingerprint density at radius 1 is 0.485 bits per heavy atom. The molecule has 0 spiro atoms. The Morgan fingerprint density at radius 3 is 1.30 bits per heavy atom. The highest BCUT2D eigenvalue weighted by Gasteiger charge is 2.38. The number of hydrogen-bond acceptors (Lipinski definition) is 15. The topological polar surface area (TPSA) is 589 Å². The molecule has 2 aromatic heterocycles. The number of nitrogens with two attached hydrogens (primary N) is 1. The van der Waals surface area contributed by atoms with Crippen molar-refractivity contribution in [1.29, 1.82) is 21.6 Å². The standard InChI is InChI=1S/C63H78N18O13.C2HF3O2/c1-34(74-35(2)82)56(88)79-50(29-52(65)84)62(94)80-48(27-39-31-71-43-21-12-10-19-41(39)43)61(93)81-49(28-51(64)83)58(90)73-32-53(85)75-46(25-37-16-7-4-8-17-37)57(89)72-33-54(86)76-47(26-38-30-70-42-20-11-9-18-40(38)42)60(92)77-44(22-13-23-69-63(67)68)59(91)78-45(55(66)87)24-36-14-5-3-6-15-36;3-2(4,5)1(6)7/h3-12,14-21,30-31,34,44-50,70-71H,13,22-29,32-33H2,1-2H3,(H2,64,83)(H2,65,84)(H2,66,87)(H,72,89)(H,73,90)(H,74,82)(H,75,85)(H,76,86)(H,77,92)(H,78,91)(H,79,88)(H,80,94)(H,81,93)(H4,67,68,69);(H,6,7)/t34-,44+,45+,46+,47-,48+,49+,50+;/m1./s1. The first-order chi connectivity index (χ1) is 47.8. The number of aliphatic hydroxyl groups is 13. The maximum atomic E-state index is 11.9. The first kappa shape index (κ1) is 79.3. The normalized spacial score (nSPS) is 15.9. The number of fused-ring (bicyclic) bond motifs is 2. The van der Waals surface area contributed by atoms with Crippen LogP contribution in [0.2, 0.25) is 0 Å². The molecule has 33 nitrogen and oxygen atoms in total. The van der Waals surface area contributed by atoms with Gasteiger partial charge in [-0.15, -0.1) is 0 Å². The second kappa shape index (κ2) is 38.5. The van der Waals surface area contributed by atoms with Crippen LogP contribution in [0.5, 0.6) is 0 Å². The van der Waals surface area contributed by atoms with Crippen molar-refractivity contribution in [3.05, 3.63) is 144 Å². The molecule has 0 aliphatic carbocycles. The van der Waals surface area contributed by atoms with E-state index >= 15 is 0 Å². The summed E-state index contributed by atoms with van der Waals surface area (Å²) in [6, 6.07) is 20.2. The van der Waals surface area contributed by atoms with Crippen LogP contribution in [0.3, 0.4) is 0 Å². The van der Waals surface area contributed by atoms with Gasteiger partial charge in [-0.25, -0.2) is 54.7 Å². The minimum atomic E-state index is -5.08.